The van der Waals surface area contributed by atoms with Gasteiger partial charge in [-0.2, -0.15) is 0 Å². The van der Waals surface area contributed by atoms with Gasteiger partial charge in [0, 0.05) is 18.5 Å². The van der Waals surface area contributed by atoms with Gasteiger partial charge in [-0.25, -0.2) is 4.98 Å². The normalized spacial score (nSPS) is 20.2. The minimum atomic E-state index is -0.760. The fraction of sp³-hybridized carbons (Fsp3) is 0.643. The Labute approximate surface area is 116 Å². The number of hydrogen-bond acceptors (Lipinski definition) is 4. The first-order valence-corrected chi connectivity index (χ1v) is 7.13. The molecule has 0 saturated heterocycles. The Balaban J connectivity index is 1.68. The van der Waals surface area contributed by atoms with Gasteiger partial charge in [0.05, 0.1) is 6.42 Å². The van der Waals surface area contributed by atoms with Crippen molar-refractivity contribution < 1.29 is 9.90 Å². The molecule has 0 unspecified atom stereocenters. The summed E-state index contributed by atoms with van der Waals surface area (Å²) in [5.41, 5.74) is -0.319. The van der Waals surface area contributed by atoms with Crippen LogP contribution >= 0.6 is 0 Å². The number of nitrogens with zero attached hydrogens (tertiary/aromatic N) is 1. The van der Waals surface area contributed by atoms with E-state index in [-0.39, 0.29) is 17.4 Å². The highest BCUT2D eigenvalue weighted by Gasteiger charge is 2.39. The third kappa shape index (κ3) is 2.84. The lowest BCUT2D eigenvalue weighted by Gasteiger charge is -2.41. The Kier molecular flexibility index (Phi) is 3.23. The first-order chi connectivity index (χ1) is 9.56. The van der Waals surface area contributed by atoms with Crippen molar-refractivity contribution in [1.82, 2.24) is 9.97 Å². The summed E-state index contributed by atoms with van der Waals surface area (Å²) >= 11 is 0. The van der Waals surface area contributed by atoms with Crippen molar-refractivity contribution in [3.05, 3.63) is 22.2 Å². The van der Waals surface area contributed by atoms with Gasteiger partial charge in [0.1, 0.15) is 11.6 Å². The van der Waals surface area contributed by atoms with E-state index < -0.39 is 5.97 Å². The van der Waals surface area contributed by atoms with Crippen LogP contribution in [0.3, 0.4) is 0 Å². The Morgan fingerprint density at radius 3 is 2.80 bits per heavy atom. The zero-order valence-electron chi connectivity index (χ0n) is 11.3. The molecule has 0 bridgehead atoms. The Morgan fingerprint density at radius 2 is 2.25 bits per heavy atom. The van der Waals surface area contributed by atoms with E-state index in [0.29, 0.717) is 18.3 Å². The van der Waals surface area contributed by atoms with Crippen LogP contribution in [0.5, 0.6) is 0 Å². The van der Waals surface area contributed by atoms with E-state index in [1.807, 2.05) is 0 Å². The van der Waals surface area contributed by atoms with Crippen molar-refractivity contribution >= 4 is 11.8 Å². The molecule has 0 radical (unpaired) electrons. The lowest BCUT2D eigenvalue weighted by molar-refractivity contribution is -0.141. The first kappa shape index (κ1) is 13.1. The molecule has 0 atom stereocenters. The van der Waals surface area contributed by atoms with Crippen molar-refractivity contribution in [2.75, 3.05) is 11.9 Å². The molecule has 20 heavy (non-hydrogen) atoms. The van der Waals surface area contributed by atoms with E-state index in [0.717, 1.165) is 37.9 Å². The second-order valence-corrected chi connectivity index (χ2v) is 6.07. The zero-order chi connectivity index (χ0) is 14.2. The molecule has 1 aromatic rings. The summed E-state index contributed by atoms with van der Waals surface area (Å²) in [6, 6.07) is 1.44. The third-order valence-corrected chi connectivity index (χ3v) is 4.31. The van der Waals surface area contributed by atoms with Crippen LogP contribution in [0, 0.1) is 5.41 Å². The molecule has 108 valence electrons. The van der Waals surface area contributed by atoms with Crippen LogP contribution in [0.4, 0.5) is 5.82 Å². The molecule has 3 N–H and O–H groups in total. The van der Waals surface area contributed by atoms with Crippen LogP contribution in [-0.2, 0) is 4.79 Å². The van der Waals surface area contributed by atoms with Crippen LogP contribution in [0.2, 0.25) is 0 Å². The van der Waals surface area contributed by atoms with Gasteiger partial charge in [0.2, 0.25) is 0 Å². The highest BCUT2D eigenvalue weighted by Crippen LogP contribution is 2.44. The fourth-order valence-electron chi connectivity index (χ4n) is 2.81. The second-order valence-electron chi connectivity index (χ2n) is 6.07. The van der Waals surface area contributed by atoms with Crippen LogP contribution in [0.25, 0.3) is 0 Å². The number of carboxylic acid groups (broad SMARTS) is 1. The smallest absolute Gasteiger partial charge is 0.303 e. The van der Waals surface area contributed by atoms with Crippen LogP contribution in [0.1, 0.15) is 50.3 Å². The number of carbonyl (C=O) groups is 1. The highest BCUT2D eigenvalue weighted by atomic mass is 16.4. The van der Waals surface area contributed by atoms with Gasteiger partial charge in [-0.1, -0.05) is 6.42 Å². The predicted octanol–water partition coefficient (Wildman–Crippen LogP) is 1.70. The van der Waals surface area contributed by atoms with E-state index in [9.17, 15) is 9.59 Å². The largest absolute Gasteiger partial charge is 0.481 e. The zero-order valence-corrected chi connectivity index (χ0v) is 11.3. The number of aromatic nitrogens is 2. The average molecular weight is 277 g/mol. The van der Waals surface area contributed by atoms with E-state index in [1.54, 1.807) is 0 Å². The summed E-state index contributed by atoms with van der Waals surface area (Å²) < 4.78 is 0. The summed E-state index contributed by atoms with van der Waals surface area (Å²) in [6.07, 6.45) is 5.25. The number of H-pyrrole nitrogens is 1. The molecule has 2 aliphatic rings. The number of hydrogen-bond donors (Lipinski definition) is 3. The van der Waals surface area contributed by atoms with Gasteiger partial charge in [0.25, 0.3) is 5.56 Å². The molecule has 2 fully saturated rings. The molecule has 6 nitrogen and oxygen atoms in total. The Morgan fingerprint density at radius 1 is 1.50 bits per heavy atom. The number of aliphatic carboxylic acids is 1. The number of carboxylic acids is 1. The standard InChI is InChI=1S/C14H19N3O3/c18-11-6-10(16-13(17-11)9-2-3-9)15-8-14(4-1-5-14)7-12(19)20/h6,9H,1-5,7-8H2,(H,19,20)(H2,15,16,17,18). The molecule has 0 aliphatic heterocycles. The Hall–Kier alpha value is -1.85. The second kappa shape index (κ2) is 4.92. The van der Waals surface area contributed by atoms with Crippen molar-refractivity contribution in [1.29, 1.82) is 0 Å². The summed E-state index contributed by atoms with van der Waals surface area (Å²) in [5, 5.41) is 12.1. The molecule has 0 amide bonds. The van der Waals surface area contributed by atoms with Crippen LogP contribution < -0.4 is 10.9 Å². The van der Waals surface area contributed by atoms with E-state index in [4.69, 9.17) is 5.11 Å². The summed E-state index contributed by atoms with van der Waals surface area (Å²) in [6.45, 7) is 0.569. The van der Waals surface area contributed by atoms with Gasteiger partial charge >= 0.3 is 5.97 Å². The minimum Gasteiger partial charge on any atom is -0.481 e. The molecule has 0 spiro atoms. The topological polar surface area (TPSA) is 95.1 Å². The lowest BCUT2D eigenvalue weighted by Crippen LogP contribution is -2.38. The van der Waals surface area contributed by atoms with Crippen molar-refractivity contribution in [3.63, 3.8) is 0 Å². The quantitative estimate of drug-likeness (QED) is 0.735. The summed E-state index contributed by atoms with van der Waals surface area (Å²) in [7, 11) is 0. The predicted molar refractivity (Wildman–Crippen MR) is 73.9 cm³/mol. The maximum Gasteiger partial charge on any atom is 0.303 e. The number of aromatic amines is 1. The van der Waals surface area contributed by atoms with Crippen LogP contribution in [-0.4, -0.2) is 27.6 Å². The average Bonchev–Trinajstić information content (AvgIpc) is 3.15. The van der Waals surface area contributed by atoms with E-state index in [2.05, 4.69) is 15.3 Å². The molecule has 2 aliphatic carbocycles. The van der Waals surface area contributed by atoms with Gasteiger partial charge in [-0.05, 0) is 31.1 Å². The molecular formula is C14H19N3O3. The molecule has 0 aromatic carbocycles. The maximum absolute atomic E-state index is 11.6. The minimum absolute atomic E-state index is 0.148. The molecule has 1 heterocycles. The lowest BCUT2D eigenvalue weighted by atomic mass is 9.66. The summed E-state index contributed by atoms with van der Waals surface area (Å²) in [4.78, 5) is 29.7. The molecule has 1 aromatic heterocycles. The van der Waals surface area contributed by atoms with E-state index >= 15 is 0 Å². The van der Waals surface area contributed by atoms with Crippen molar-refractivity contribution in [3.8, 4) is 0 Å². The molecule has 2 saturated carbocycles. The van der Waals surface area contributed by atoms with Gasteiger partial charge in [-0.15, -0.1) is 0 Å². The molecular weight excluding hydrogens is 258 g/mol. The number of rotatable bonds is 6. The van der Waals surface area contributed by atoms with E-state index in [1.165, 1.54) is 6.07 Å². The Bertz CT molecular complexity index is 573. The number of anilines is 1. The highest BCUT2D eigenvalue weighted by molar-refractivity contribution is 5.68. The SMILES string of the molecule is O=C(O)CC1(CNc2cc(=O)[nH]c(C3CC3)n2)CCC1. The van der Waals surface area contributed by atoms with Gasteiger partial charge < -0.3 is 15.4 Å². The first-order valence-electron chi connectivity index (χ1n) is 7.13. The third-order valence-electron chi connectivity index (χ3n) is 4.31. The molecule has 3 rings (SSSR count). The number of nitrogens with one attached hydrogen (secondary N) is 2. The van der Waals surface area contributed by atoms with Crippen LogP contribution in [0.15, 0.2) is 10.9 Å². The monoisotopic (exact) mass is 277 g/mol. The summed E-state index contributed by atoms with van der Waals surface area (Å²) in [5.74, 6) is 0.943. The van der Waals surface area contributed by atoms with Gasteiger partial charge in [0.15, 0.2) is 0 Å². The van der Waals surface area contributed by atoms with Crippen molar-refractivity contribution in [2.45, 2.75) is 44.4 Å². The van der Waals surface area contributed by atoms with Crippen molar-refractivity contribution in [2.24, 2.45) is 5.41 Å². The fourth-order valence-corrected chi connectivity index (χ4v) is 2.81. The van der Waals surface area contributed by atoms with Gasteiger partial charge in [-0.3, -0.25) is 9.59 Å². The molecule has 6 heteroatoms. The maximum atomic E-state index is 11.6.